The zero-order valence-corrected chi connectivity index (χ0v) is 11.7. The third-order valence-electron chi connectivity index (χ3n) is 2.51. The maximum Gasteiger partial charge on any atom is 0.233 e. The van der Waals surface area contributed by atoms with Gasteiger partial charge >= 0.3 is 0 Å². The van der Waals surface area contributed by atoms with Crippen molar-refractivity contribution in [3.05, 3.63) is 30.0 Å². The summed E-state index contributed by atoms with van der Waals surface area (Å²) in [5.41, 5.74) is 0. The average molecular weight is 280 g/mol. The van der Waals surface area contributed by atoms with Crippen molar-refractivity contribution in [2.24, 2.45) is 0 Å². The van der Waals surface area contributed by atoms with Crippen LogP contribution < -0.4 is 5.32 Å². The SMILES string of the molecule is CCc1nc(SC(C)C(=O)NCc2ccco2)n[nH]1. The van der Waals surface area contributed by atoms with Crippen LogP contribution in [0.15, 0.2) is 28.0 Å². The van der Waals surface area contributed by atoms with Crippen molar-refractivity contribution in [3.63, 3.8) is 0 Å². The Morgan fingerprint density at radius 2 is 2.47 bits per heavy atom. The van der Waals surface area contributed by atoms with Crippen molar-refractivity contribution in [2.45, 2.75) is 37.2 Å². The number of carbonyl (C=O) groups is 1. The summed E-state index contributed by atoms with van der Waals surface area (Å²) in [7, 11) is 0. The van der Waals surface area contributed by atoms with Crippen molar-refractivity contribution in [1.82, 2.24) is 20.5 Å². The Morgan fingerprint density at radius 3 is 3.11 bits per heavy atom. The third kappa shape index (κ3) is 3.85. The minimum absolute atomic E-state index is 0.0655. The highest BCUT2D eigenvalue weighted by Gasteiger charge is 2.16. The molecule has 2 N–H and O–H groups in total. The molecule has 0 bridgehead atoms. The van der Waals surface area contributed by atoms with Crippen LogP contribution in [-0.2, 0) is 17.8 Å². The molecule has 1 unspecified atom stereocenters. The van der Waals surface area contributed by atoms with Crippen molar-refractivity contribution in [3.8, 4) is 0 Å². The van der Waals surface area contributed by atoms with E-state index in [1.807, 2.05) is 19.9 Å². The predicted molar refractivity (Wildman–Crippen MR) is 71.6 cm³/mol. The van der Waals surface area contributed by atoms with E-state index in [0.29, 0.717) is 11.7 Å². The molecule has 0 spiro atoms. The molecule has 7 heteroatoms. The molecule has 102 valence electrons. The number of nitrogens with one attached hydrogen (secondary N) is 2. The van der Waals surface area contributed by atoms with Crippen molar-refractivity contribution in [2.75, 3.05) is 0 Å². The summed E-state index contributed by atoms with van der Waals surface area (Å²) in [5, 5.41) is 10.0. The van der Waals surface area contributed by atoms with Gasteiger partial charge in [-0.1, -0.05) is 18.7 Å². The van der Waals surface area contributed by atoms with Gasteiger partial charge in [-0.25, -0.2) is 4.98 Å². The zero-order chi connectivity index (χ0) is 13.7. The Kier molecular flexibility index (Phi) is 4.62. The number of amides is 1. The summed E-state index contributed by atoms with van der Waals surface area (Å²) in [4.78, 5) is 16.1. The zero-order valence-electron chi connectivity index (χ0n) is 10.8. The van der Waals surface area contributed by atoms with Crippen molar-refractivity contribution >= 4 is 17.7 Å². The first-order chi connectivity index (χ1) is 9.19. The average Bonchev–Trinajstić information content (AvgIpc) is 3.06. The first kappa shape index (κ1) is 13.7. The fraction of sp³-hybridized carbons (Fsp3) is 0.417. The molecular weight excluding hydrogens is 264 g/mol. The third-order valence-corrected chi connectivity index (χ3v) is 3.48. The first-order valence-electron chi connectivity index (χ1n) is 6.07. The molecular formula is C12H16N4O2S. The molecule has 0 aliphatic rings. The van der Waals surface area contributed by atoms with Crippen LogP contribution in [0.3, 0.4) is 0 Å². The summed E-state index contributed by atoms with van der Waals surface area (Å²) in [6.45, 7) is 4.21. The van der Waals surface area contributed by atoms with E-state index < -0.39 is 0 Å². The van der Waals surface area contributed by atoms with Gasteiger partial charge in [-0.15, -0.1) is 5.10 Å². The van der Waals surface area contributed by atoms with Gasteiger partial charge in [0.1, 0.15) is 11.6 Å². The number of rotatable bonds is 6. The highest BCUT2D eigenvalue weighted by molar-refractivity contribution is 8.00. The van der Waals surface area contributed by atoms with Gasteiger partial charge < -0.3 is 9.73 Å². The number of carbonyl (C=O) groups excluding carboxylic acids is 1. The summed E-state index contributed by atoms with van der Waals surface area (Å²) in [6, 6.07) is 3.61. The van der Waals surface area contributed by atoms with Crippen LogP contribution in [0.4, 0.5) is 0 Å². The lowest BCUT2D eigenvalue weighted by Gasteiger charge is -2.08. The molecule has 2 rings (SSSR count). The molecule has 0 saturated heterocycles. The molecule has 2 aromatic heterocycles. The molecule has 0 saturated carbocycles. The van der Waals surface area contributed by atoms with Crippen LogP contribution in [0.25, 0.3) is 0 Å². The number of aryl methyl sites for hydroxylation is 1. The first-order valence-corrected chi connectivity index (χ1v) is 6.95. The van der Waals surface area contributed by atoms with Gasteiger partial charge in [-0.2, -0.15) is 0 Å². The number of hydrogen-bond donors (Lipinski definition) is 2. The van der Waals surface area contributed by atoms with Crippen LogP contribution in [0, 0.1) is 0 Å². The van der Waals surface area contributed by atoms with Gasteiger partial charge in [0, 0.05) is 6.42 Å². The van der Waals surface area contributed by atoms with Gasteiger partial charge in [0.2, 0.25) is 11.1 Å². The number of aromatic amines is 1. The highest BCUT2D eigenvalue weighted by Crippen LogP contribution is 2.19. The summed E-state index contributed by atoms with van der Waals surface area (Å²) in [6.07, 6.45) is 2.38. The largest absolute Gasteiger partial charge is 0.467 e. The summed E-state index contributed by atoms with van der Waals surface area (Å²) >= 11 is 1.33. The Labute approximate surface area is 115 Å². The minimum atomic E-state index is -0.254. The molecule has 0 aliphatic carbocycles. The molecule has 0 fully saturated rings. The second-order valence-corrected chi connectivity index (χ2v) is 5.28. The predicted octanol–water partition coefficient (Wildman–Crippen LogP) is 1.76. The van der Waals surface area contributed by atoms with Gasteiger partial charge in [0.05, 0.1) is 18.1 Å². The monoisotopic (exact) mass is 280 g/mol. The Hall–Kier alpha value is -1.76. The van der Waals surface area contributed by atoms with Crippen LogP contribution in [-0.4, -0.2) is 26.3 Å². The Bertz CT molecular complexity index is 524. The highest BCUT2D eigenvalue weighted by atomic mass is 32.2. The molecule has 0 aliphatic heterocycles. The number of aromatic nitrogens is 3. The van der Waals surface area contributed by atoms with Crippen LogP contribution in [0.5, 0.6) is 0 Å². The normalized spacial score (nSPS) is 12.3. The molecule has 0 aromatic carbocycles. The maximum absolute atomic E-state index is 11.9. The van der Waals surface area contributed by atoms with Gasteiger partial charge in [0.25, 0.3) is 0 Å². The van der Waals surface area contributed by atoms with Crippen LogP contribution in [0.1, 0.15) is 25.4 Å². The van der Waals surface area contributed by atoms with E-state index in [1.165, 1.54) is 11.8 Å². The number of H-pyrrole nitrogens is 1. The van der Waals surface area contributed by atoms with E-state index in [1.54, 1.807) is 12.3 Å². The standard InChI is InChI=1S/C12H16N4O2S/c1-3-10-14-12(16-15-10)19-8(2)11(17)13-7-9-5-4-6-18-9/h4-6,8H,3,7H2,1-2H3,(H,13,17)(H,14,15,16). The van der Waals surface area contributed by atoms with E-state index in [9.17, 15) is 4.79 Å². The van der Waals surface area contributed by atoms with E-state index in [4.69, 9.17) is 4.42 Å². The Morgan fingerprint density at radius 1 is 1.63 bits per heavy atom. The molecule has 1 amide bonds. The van der Waals surface area contributed by atoms with Gasteiger partial charge in [0.15, 0.2) is 0 Å². The lowest BCUT2D eigenvalue weighted by atomic mass is 10.4. The summed E-state index contributed by atoms with van der Waals surface area (Å²) < 4.78 is 5.15. The second-order valence-electron chi connectivity index (χ2n) is 3.98. The quantitative estimate of drug-likeness (QED) is 0.788. The van der Waals surface area contributed by atoms with Gasteiger partial charge in [-0.3, -0.25) is 9.89 Å². The fourth-order valence-electron chi connectivity index (χ4n) is 1.43. The van der Waals surface area contributed by atoms with Crippen LogP contribution in [0.2, 0.25) is 0 Å². The minimum Gasteiger partial charge on any atom is -0.467 e. The van der Waals surface area contributed by atoms with E-state index in [2.05, 4.69) is 20.5 Å². The second kappa shape index (κ2) is 6.42. The van der Waals surface area contributed by atoms with E-state index in [0.717, 1.165) is 18.0 Å². The fourth-order valence-corrected chi connectivity index (χ4v) is 2.20. The van der Waals surface area contributed by atoms with Crippen LogP contribution >= 0.6 is 11.8 Å². The number of nitrogens with zero attached hydrogens (tertiary/aromatic N) is 2. The van der Waals surface area contributed by atoms with E-state index in [-0.39, 0.29) is 11.2 Å². The molecule has 2 heterocycles. The molecule has 6 nitrogen and oxygen atoms in total. The number of hydrogen-bond acceptors (Lipinski definition) is 5. The topological polar surface area (TPSA) is 83.8 Å². The lowest BCUT2D eigenvalue weighted by Crippen LogP contribution is -2.30. The smallest absolute Gasteiger partial charge is 0.233 e. The van der Waals surface area contributed by atoms with E-state index >= 15 is 0 Å². The maximum atomic E-state index is 11.9. The number of furan rings is 1. The van der Waals surface area contributed by atoms with Crippen molar-refractivity contribution in [1.29, 1.82) is 0 Å². The molecule has 1 atom stereocenters. The Balaban J connectivity index is 1.81. The van der Waals surface area contributed by atoms with Crippen molar-refractivity contribution < 1.29 is 9.21 Å². The lowest BCUT2D eigenvalue weighted by molar-refractivity contribution is -0.120. The molecule has 0 radical (unpaired) electrons. The molecule has 19 heavy (non-hydrogen) atoms. The number of thioether (sulfide) groups is 1. The summed E-state index contributed by atoms with van der Waals surface area (Å²) in [5.74, 6) is 1.49. The molecule has 2 aromatic rings. The van der Waals surface area contributed by atoms with Gasteiger partial charge in [-0.05, 0) is 19.1 Å².